The van der Waals surface area contributed by atoms with Crippen LogP contribution in [0.3, 0.4) is 0 Å². The van der Waals surface area contributed by atoms with E-state index in [4.69, 9.17) is 14.4 Å². The molecule has 0 radical (unpaired) electrons. The van der Waals surface area contributed by atoms with Gasteiger partial charge in [0, 0.05) is 6.07 Å². The summed E-state index contributed by atoms with van der Waals surface area (Å²) in [5, 5.41) is 14.9. The third kappa shape index (κ3) is 3.58. The summed E-state index contributed by atoms with van der Waals surface area (Å²) in [4.78, 5) is 22.2. The maximum atomic E-state index is 11.6. The van der Waals surface area contributed by atoms with Gasteiger partial charge >= 0.3 is 5.97 Å². The van der Waals surface area contributed by atoms with Crippen molar-refractivity contribution in [2.24, 2.45) is 0 Å². The second kappa shape index (κ2) is 5.87. The van der Waals surface area contributed by atoms with Crippen LogP contribution in [0.25, 0.3) is 0 Å². The van der Waals surface area contributed by atoms with Crippen LogP contribution >= 0.6 is 0 Å². The van der Waals surface area contributed by atoms with Crippen LogP contribution in [0, 0.1) is 6.92 Å². The van der Waals surface area contributed by atoms with E-state index in [1.165, 1.54) is 24.3 Å². The van der Waals surface area contributed by atoms with Gasteiger partial charge in [0.2, 0.25) is 0 Å². The number of carboxylic acids is 1. The zero-order valence-electron chi connectivity index (χ0n) is 10.6. The number of benzene rings is 1. The number of aromatic carboxylic acids is 1. The summed E-state index contributed by atoms with van der Waals surface area (Å²) in [6, 6.07) is 7.35. The fourth-order valence-electron chi connectivity index (χ4n) is 1.45. The van der Waals surface area contributed by atoms with Gasteiger partial charge in [0.05, 0.1) is 5.56 Å². The van der Waals surface area contributed by atoms with E-state index < -0.39 is 5.97 Å². The highest BCUT2D eigenvalue weighted by Crippen LogP contribution is 2.12. The number of aryl methyl sites for hydroxylation is 1. The summed E-state index contributed by atoms with van der Waals surface area (Å²) >= 11 is 0. The largest absolute Gasteiger partial charge is 0.484 e. The van der Waals surface area contributed by atoms with Crippen molar-refractivity contribution in [1.29, 1.82) is 0 Å². The Labute approximate surface area is 114 Å². The molecule has 0 aliphatic heterocycles. The van der Waals surface area contributed by atoms with Gasteiger partial charge in [0.1, 0.15) is 11.5 Å². The molecule has 1 amide bonds. The molecule has 104 valence electrons. The zero-order chi connectivity index (χ0) is 14.5. The number of carbonyl (C=O) groups excluding carboxylic acids is 1. The molecule has 1 heterocycles. The molecule has 0 saturated heterocycles. The van der Waals surface area contributed by atoms with Crippen molar-refractivity contribution < 1.29 is 24.0 Å². The van der Waals surface area contributed by atoms with E-state index >= 15 is 0 Å². The molecule has 7 nitrogen and oxygen atoms in total. The van der Waals surface area contributed by atoms with Crippen molar-refractivity contribution in [1.82, 2.24) is 5.16 Å². The van der Waals surface area contributed by atoms with Gasteiger partial charge in [-0.15, -0.1) is 0 Å². The van der Waals surface area contributed by atoms with Crippen LogP contribution < -0.4 is 10.1 Å². The highest BCUT2D eigenvalue weighted by molar-refractivity contribution is 5.91. The summed E-state index contributed by atoms with van der Waals surface area (Å²) in [5.41, 5.74) is 0.153. The summed E-state index contributed by atoms with van der Waals surface area (Å²) in [7, 11) is 0. The van der Waals surface area contributed by atoms with E-state index in [1.54, 1.807) is 13.0 Å². The van der Waals surface area contributed by atoms with Crippen LogP contribution in [0.1, 0.15) is 16.1 Å². The third-order valence-corrected chi connectivity index (χ3v) is 2.37. The number of carboxylic acid groups (broad SMARTS) is 1. The maximum absolute atomic E-state index is 11.6. The van der Waals surface area contributed by atoms with Gasteiger partial charge < -0.3 is 19.7 Å². The Balaban J connectivity index is 1.85. The zero-order valence-corrected chi connectivity index (χ0v) is 10.6. The Kier molecular flexibility index (Phi) is 3.99. The number of rotatable bonds is 5. The van der Waals surface area contributed by atoms with E-state index in [-0.39, 0.29) is 18.1 Å². The molecule has 20 heavy (non-hydrogen) atoms. The Hall–Kier alpha value is -2.83. The average Bonchev–Trinajstić information content (AvgIpc) is 2.82. The highest BCUT2D eigenvalue weighted by atomic mass is 16.5. The number of amides is 1. The van der Waals surface area contributed by atoms with E-state index in [2.05, 4.69) is 10.5 Å². The van der Waals surface area contributed by atoms with Crippen molar-refractivity contribution in [2.75, 3.05) is 11.9 Å². The monoisotopic (exact) mass is 276 g/mol. The predicted molar refractivity (Wildman–Crippen MR) is 68.8 cm³/mol. The number of anilines is 1. The molecule has 0 bridgehead atoms. The first-order valence-corrected chi connectivity index (χ1v) is 5.74. The first-order chi connectivity index (χ1) is 9.54. The summed E-state index contributed by atoms with van der Waals surface area (Å²) in [6.07, 6.45) is 0. The van der Waals surface area contributed by atoms with Crippen LogP contribution in [-0.2, 0) is 4.79 Å². The van der Waals surface area contributed by atoms with Crippen LogP contribution in [0.2, 0.25) is 0 Å². The minimum atomic E-state index is -1.02. The topological polar surface area (TPSA) is 102 Å². The van der Waals surface area contributed by atoms with Crippen molar-refractivity contribution in [3.8, 4) is 5.75 Å². The Morgan fingerprint density at radius 3 is 2.60 bits per heavy atom. The van der Waals surface area contributed by atoms with Gasteiger partial charge in [-0.05, 0) is 31.2 Å². The first kappa shape index (κ1) is 13.6. The molecule has 0 spiro atoms. The standard InChI is InChI=1S/C13H12N2O5/c1-8-6-11(15-20-8)14-12(16)7-19-10-4-2-9(3-5-10)13(17)18/h2-6H,7H2,1H3,(H,17,18)(H,14,15,16). The lowest BCUT2D eigenvalue weighted by molar-refractivity contribution is -0.118. The Morgan fingerprint density at radius 2 is 2.05 bits per heavy atom. The predicted octanol–water partition coefficient (Wildman–Crippen LogP) is 1.70. The lowest BCUT2D eigenvalue weighted by Crippen LogP contribution is -2.20. The van der Waals surface area contributed by atoms with E-state index in [0.717, 1.165) is 0 Å². The van der Waals surface area contributed by atoms with Crippen molar-refractivity contribution in [3.63, 3.8) is 0 Å². The van der Waals surface area contributed by atoms with Gasteiger partial charge in [-0.1, -0.05) is 5.16 Å². The van der Waals surface area contributed by atoms with Gasteiger partial charge in [-0.3, -0.25) is 4.79 Å². The van der Waals surface area contributed by atoms with Crippen LogP contribution in [0.15, 0.2) is 34.9 Å². The maximum Gasteiger partial charge on any atom is 0.335 e. The molecule has 7 heteroatoms. The van der Waals surface area contributed by atoms with Gasteiger partial charge in [-0.2, -0.15) is 0 Å². The highest BCUT2D eigenvalue weighted by Gasteiger charge is 2.07. The molecule has 0 unspecified atom stereocenters. The number of hydrogen-bond acceptors (Lipinski definition) is 5. The van der Waals surface area contributed by atoms with Crippen LogP contribution in [0.5, 0.6) is 5.75 Å². The van der Waals surface area contributed by atoms with Crippen molar-refractivity contribution in [3.05, 3.63) is 41.7 Å². The molecule has 2 rings (SSSR count). The molecule has 0 atom stereocenters. The Morgan fingerprint density at radius 1 is 1.35 bits per heavy atom. The molecular formula is C13H12N2O5. The molecule has 0 fully saturated rings. The number of aromatic nitrogens is 1. The minimum absolute atomic E-state index is 0.153. The lowest BCUT2D eigenvalue weighted by Gasteiger charge is -2.05. The second-order valence-electron chi connectivity index (χ2n) is 3.99. The first-order valence-electron chi connectivity index (χ1n) is 5.74. The van der Waals surface area contributed by atoms with Crippen LogP contribution in [-0.4, -0.2) is 28.7 Å². The van der Waals surface area contributed by atoms with E-state index in [9.17, 15) is 9.59 Å². The number of nitrogens with one attached hydrogen (secondary N) is 1. The fourth-order valence-corrected chi connectivity index (χ4v) is 1.45. The molecule has 1 aromatic carbocycles. The number of carbonyl (C=O) groups is 2. The third-order valence-electron chi connectivity index (χ3n) is 2.37. The quantitative estimate of drug-likeness (QED) is 0.861. The van der Waals surface area contributed by atoms with E-state index in [0.29, 0.717) is 17.3 Å². The van der Waals surface area contributed by atoms with Gasteiger partial charge in [-0.25, -0.2) is 4.79 Å². The summed E-state index contributed by atoms with van der Waals surface area (Å²) < 4.78 is 10.0. The molecule has 0 saturated carbocycles. The van der Waals surface area contributed by atoms with Crippen molar-refractivity contribution >= 4 is 17.7 Å². The van der Waals surface area contributed by atoms with E-state index in [1.807, 2.05) is 0 Å². The average molecular weight is 276 g/mol. The number of ether oxygens (including phenoxy) is 1. The normalized spacial score (nSPS) is 10.1. The number of nitrogens with zero attached hydrogens (tertiary/aromatic N) is 1. The van der Waals surface area contributed by atoms with Gasteiger partial charge in [0.25, 0.3) is 5.91 Å². The summed E-state index contributed by atoms with van der Waals surface area (Å²) in [6.45, 7) is 1.50. The summed E-state index contributed by atoms with van der Waals surface area (Å²) in [5.74, 6) is -0.0967. The smallest absolute Gasteiger partial charge is 0.335 e. The minimum Gasteiger partial charge on any atom is -0.484 e. The Bertz CT molecular complexity index is 618. The molecule has 2 N–H and O–H groups in total. The lowest BCUT2D eigenvalue weighted by atomic mass is 10.2. The number of hydrogen-bond donors (Lipinski definition) is 2. The fraction of sp³-hybridized carbons (Fsp3) is 0.154. The molecular weight excluding hydrogens is 264 g/mol. The molecule has 0 aliphatic carbocycles. The molecule has 1 aromatic heterocycles. The van der Waals surface area contributed by atoms with Crippen molar-refractivity contribution in [2.45, 2.75) is 6.92 Å². The molecule has 0 aliphatic rings. The second-order valence-corrected chi connectivity index (χ2v) is 3.99. The molecule has 2 aromatic rings. The van der Waals surface area contributed by atoms with Crippen LogP contribution in [0.4, 0.5) is 5.82 Å². The van der Waals surface area contributed by atoms with Gasteiger partial charge in [0.15, 0.2) is 12.4 Å². The SMILES string of the molecule is Cc1cc(NC(=O)COc2ccc(C(=O)O)cc2)no1.